The molecular formula is C11H23N3O2. The molecule has 16 heavy (non-hydrogen) atoms. The van der Waals surface area contributed by atoms with Crippen molar-refractivity contribution in [1.29, 1.82) is 0 Å². The molecule has 94 valence electrons. The molecule has 0 heterocycles. The molecule has 2 unspecified atom stereocenters. The van der Waals surface area contributed by atoms with Crippen LogP contribution in [0.25, 0.3) is 0 Å². The van der Waals surface area contributed by atoms with Crippen molar-refractivity contribution in [2.45, 2.75) is 51.7 Å². The number of hydrogen-bond donors (Lipinski definition) is 4. The quantitative estimate of drug-likeness (QED) is 0.223. The summed E-state index contributed by atoms with van der Waals surface area (Å²) in [6.45, 7) is 4.73. The molecule has 5 N–H and O–H groups in total. The van der Waals surface area contributed by atoms with Gasteiger partial charge in [0.25, 0.3) is 0 Å². The second-order valence-electron chi connectivity index (χ2n) is 5.13. The SMILES string of the molecule is CC(O)CC(C)NCC1(CC(N)=NO)CC1. The zero-order valence-electron chi connectivity index (χ0n) is 10.1. The minimum absolute atomic E-state index is 0.184. The molecule has 0 aromatic heterocycles. The predicted octanol–water partition coefficient (Wildman–Crippen LogP) is 0.652. The summed E-state index contributed by atoms with van der Waals surface area (Å²) in [6, 6.07) is 0.296. The van der Waals surface area contributed by atoms with E-state index in [0.717, 1.165) is 25.8 Å². The van der Waals surface area contributed by atoms with E-state index in [4.69, 9.17) is 10.9 Å². The molecule has 0 amide bonds. The summed E-state index contributed by atoms with van der Waals surface area (Å²) in [5.41, 5.74) is 5.70. The maximum Gasteiger partial charge on any atom is 0.139 e. The summed E-state index contributed by atoms with van der Waals surface area (Å²) < 4.78 is 0. The third-order valence-electron chi connectivity index (χ3n) is 3.16. The fourth-order valence-electron chi connectivity index (χ4n) is 2.00. The van der Waals surface area contributed by atoms with Gasteiger partial charge in [0.05, 0.1) is 6.10 Å². The van der Waals surface area contributed by atoms with Crippen molar-refractivity contribution in [3.8, 4) is 0 Å². The predicted molar refractivity (Wildman–Crippen MR) is 63.5 cm³/mol. The van der Waals surface area contributed by atoms with E-state index in [1.807, 2.05) is 0 Å². The van der Waals surface area contributed by atoms with Crippen molar-refractivity contribution in [1.82, 2.24) is 5.32 Å². The summed E-state index contributed by atoms with van der Waals surface area (Å²) in [4.78, 5) is 0. The molecule has 0 aliphatic heterocycles. The molecule has 5 nitrogen and oxygen atoms in total. The zero-order chi connectivity index (χ0) is 12.2. The highest BCUT2D eigenvalue weighted by molar-refractivity contribution is 5.80. The zero-order valence-corrected chi connectivity index (χ0v) is 10.1. The second kappa shape index (κ2) is 5.50. The maximum atomic E-state index is 9.24. The fraction of sp³-hybridized carbons (Fsp3) is 0.909. The van der Waals surface area contributed by atoms with Gasteiger partial charge in [-0.1, -0.05) is 5.16 Å². The number of amidine groups is 1. The number of nitrogens with two attached hydrogens (primary N) is 1. The molecule has 0 aromatic rings. The lowest BCUT2D eigenvalue weighted by Gasteiger charge is -2.20. The molecule has 1 aliphatic rings. The lowest BCUT2D eigenvalue weighted by atomic mass is 10.0. The van der Waals surface area contributed by atoms with E-state index in [1.165, 1.54) is 0 Å². The first-order chi connectivity index (χ1) is 7.47. The van der Waals surface area contributed by atoms with Crippen LogP contribution >= 0.6 is 0 Å². The van der Waals surface area contributed by atoms with Gasteiger partial charge in [0, 0.05) is 19.0 Å². The first kappa shape index (κ1) is 13.3. The molecule has 0 radical (unpaired) electrons. The molecule has 0 bridgehead atoms. The van der Waals surface area contributed by atoms with E-state index in [0.29, 0.717) is 18.3 Å². The summed E-state index contributed by atoms with van der Waals surface area (Å²) in [7, 11) is 0. The number of rotatable bonds is 7. The fourth-order valence-corrected chi connectivity index (χ4v) is 2.00. The van der Waals surface area contributed by atoms with Gasteiger partial charge in [0.15, 0.2) is 0 Å². The van der Waals surface area contributed by atoms with Crippen LogP contribution in [0.15, 0.2) is 5.16 Å². The van der Waals surface area contributed by atoms with Crippen LogP contribution < -0.4 is 11.1 Å². The van der Waals surface area contributed by atoms with Gasteiger partial charge in [-0.3, -0.25) is 0 Å². The Morgan fingerprint density at radius 1 is 1.50 bits per heavy atom. The van der Waals surface area contributed by atoms with Crippen LogP contribution in [-0.2, 0) is 0 Å². The van der Waals surface area contributed by atoms with Crippen LogP contribution in [0.4, 0.5) is 0 Å². The van der Waals surface area contributed by atoms with Gasteiger partial charge >= 0.3 is 0 Å². The van der Waals surface area contributed by atoms with E-state index < -0.39 is 0 Å². The van der Waals surface area contributed by atoms with Crippen LogP contribution in [-0.4, -0.2) is 34.8 Å². The van der Waals surface area contributed by atoms with E-state index in [2.05, 4.69) is 17.4 Å². The van der Waals surface area contributed by atoms with Crippen LogP contribution in [0.3, 0.4) is 0 Å². The normalized spacial score (nSPS) is 22.8. The monoisotopic (exact) mass is 229 g/mol. The van der Waals surface area contributed by atoms with Gasteiger partial charge in [0.2, 0.25) is 0 Å². The summed E-state index contributed by atoms with van der Waals surface area (Å²) in [5.74, 6) is 0.308. The topological polar surface area (TPSA) is 90.9 Å². The minimum atomic E-state index is -0.276. The van der Waals surface area contributed by atoms with E-state index in [9.17, 15) is 5.11 Å². The van der Waals surface area contributed by atoms with Gasteiger partial charge in [-0.2, -0.15) is 0 Å². The van der Waals surface area contributed by atoms with Crippen LogP contribution in [0.1, 0.15) is 39.5 Å². The highest BCUT2D eigenvalue weighted by Crippen LogP contribution is 2.48. The van der Waals surface area contributed by atoms with Gasteiger partial charge < -0.3 is 21.4 Å². The summed E-state index contributed by atoms with van der Waals surface area (Å²) in [5, 5.41) is 24.2. The highest BCUT2D eigenvalue weighted by Gasteiger charge is 2.43. The Hall–Kier alpha value is -0.810. The van der Waals surface area contributed by atoms with Crippen molar-refractivity contribution in [3.05, 3.63) is 0 Å². The minimum Gasteiger partial charge on any atom is -0.409 e. The average Bonchev–Trinajstić information content (AvgIpc) is 2.94. The van der Waals surface area contributed by atoms with Gasteiger partial charge in [-0.15, -0.1) is 0 Å². The smallest absolute Gasteiger partial charge is 0.139 e. The third-order valence-corrected chi connectivity index (χ3v) is 3.16. The summed E-state index contributed by atoms with van der Waals surface area (Å²) >= 11 is 0. The second-order valence-corrected chi connectivity index (χ2v) is 5.13. The van der Waals surface area contributed by atoms with Crippen molar-refractivity contribution in [3.63, 3.8) is 0 Å². The molecule has 5 heteroatoms. The Labute approximate surface area is 96.7 Å². The summed E-state index contributed by atoms with van der Waals surface area (Å²) in [6.07, 6.45) is 3.37. The molecule has 1 fully saturated rings. The molecule has 0 saturated heterocycles. The number of oxime groups is 1. The average molecular weight is 229 g/mol. The number of aliphatic hydroxyl groups is 1. The van der Waals surface area contributed by atoms with Crippen molar-refractivity contribution in [2.75, 3.05) is 6.54 Å². The first-order valence-corrected chi connectivity index (χ1v) is 5.85. The highest BCUT2D eigenvalue weighted by atomic mass is 16.4. The molecule has 2 atom stereocenters. The molecule has 0 aromatic carbocycles. The van der Waals surface area contributed by atoms with E-state index in [1.54, 1.807) is 6.92 Å². The Morgan fingerprint density at radius 2 is 2.12 bits per heavy atom. The van der Waals surface area contributed by atoms with Gasteiger partial charge in [-0.25, -0.2) is 0 Å². The lowest BCUT2D eigenvalue weighted by molar-refractivity contribution is 0.169. The van der Waals surface area contributed by atoms with E-state index >= 15 is 0 Å². The maximum absolute atomic E-state index is 9.24. The Balaban J connectivity index is 2.26. The molecule has 0 spiro atoms. The Morgan fingerprint density at radius 3 is 2.56 bits per heavy atom. The molecule has 1 aliphatic carbocycles. The number of nitrogens with zero attached hydrogens (tertiary/aromatic N) is 1. The molecule has 1 saturated carbocycles. The number of aliphatic hydroxyl groups excluding tert-OH is 1. The largest absolute Gasteiger partial charge is 0.409 e. The number of nitrogens with one attached hydrogen (secondary N) is 1. The van der Waals surface area contributed by atoms with Crippen molar-refractivity contribution in [2.24, 2.45) is 16.3 Å². The van der Waals surface area contributed by atoms with Crippen LogP contribution in [0.5, 0.6) is 0 Å². The van der Waals surface area contributed by atoms with E-state index in [-0.39, 0.29) is 11.5 Å². The first-order valence-electron chi connectivity index (χ1n) is 5.85. The van der Waals surface area contributed by atoms with Gasteiger partial charge in [-0.05, 0) is 38.5 Å². The Bertz CT molecular complexity index is 250. The molecular weight excluding hydrogens is 206 g/mol. The standard InChI is InChI=1S/C11H23N3O2/c1-8(5-9(2)15)13-7-11(3-4-11)6-10(12)14-16/h8-9,13,15-16H,3-7H2,1-2H3,(H2,12,14). The number of hydrogen-bond acceptors (Lipinski definition) is 4. The van der Waals surface area contributed by atoms with Crippen LogP contribution in [0.2, 0.25) is 0 Å². The Kier molecular flexibility index (Phi) is 4.56. The third kappa shape index (κ3) is 4.37. The van der Waals surface area contributed by atoms with Gasteiger partial charge in [0.1, 0.15) is 5.84 Å². The van der Waals surface area contributed by atoms with Crippen molar-refractivity contribution < 1.29 is 10.3 Å². The van der Waals surface area contributed by atoms with Crippen LogP contribution in [0, 0.1) is 5.41 Å². The van der Waals surface area contributed by atoms with Crippen molar-refractivity contribution >= 4 is 5.84 Å². The molecule has 1 rings (SSSR count). The lowest BCUT2D eigenvalue weighted by Crippen LogP contribution is -2.35.